The maximum absolute atomic E-state index is 12.6. The molecular weight excluding hydrogens is 448 g/mol. The highest BCUT2D eigenvalue weighted by molar-refractivity contribution is 7.99. The zero-order chi connectivity index (χ0) is 21.6. The SMILES string of the molecule is CC(NC(=O)CSc1nnc(-c2cccs2)n1Cc1ccccc1)c1cccc(Cl)c1. The van der Waals surface area contributed by atoms with Gasteiger partial charge in [-0.25, -0.2) is 0 Å². The number of aromatic nitrogens is 3. The molecule has 158 valence electrons. The fourth-order valence-electron chi connectivity index (χ4n) is 3.16. The Hall–Kier alpha value is -2.61. The van der Waals surface area contributed by atoms with Crippen molar-refractivity contribution in [3.63, 3.8) is 0 Å². The van der Waals surface area contributed by atoms with Gasteiger partial charge in [0.2, 0.25) is 5.91 Å². The summed E-state index contributed by atoms with van der Waals surface area (Å²) in [6, 6.07) is 21.6. The number of thiophene rings is 1. The van der Waals surface area contributed by atoms with Crippen molar-refractivity contribution in [2.24, 2.45) is 0 Å². The predicted octanol–water partition coefficient (Wildman–Crippen LogP) is 5.68. The van der Waals surface area contributed by atoms with Crippen LogP contribution < -0.4 is 5.32 Å². The molecule has 1 amide bonds. The fourth-order valence-corrected chi connectivity index (χ4v) is 4.83. The Morgan fingerprint density at radius 2 is 1.97 bits per heavy atom. The summed E-state index contributed by atoms with van der Waals surface area (Å²) >= 11 is 9.07. The number of halogens is 1. The molecule has 5 nitrogen and oxygen atoms in total. The fraction of sp³-hybridized carbons (Fsp3) is 0.174. The Labute approximate surface area is 194 Å². The zero-order valence-corrected chi connectivity index (χ0v) is 19.3. The molecule has 0 aliphatic rings. The van der Waals surface area contributed by atoms with Crippen LogP contribution in [0.25, 0.3) is 10.7 Å². The molecule has 1 unspecified atom stereocenters. The lowest BCUT2D eigenvalue weighted by atomic mass is 10.1. The van der Waals surface area contributed by atoms with E-state index in [0.29, 0.717) is 11.6 Å². The molecule has 0 radical (unpaired) electrons. The van der Waals surface area contributed by atoms with Gasteiger partial charge in [-0.2, -0.15) is 0 Å². The van der Waals surface area contributed by atoms with Crippen molar-refractivity contribution in [3.05, 3.63) is 88.3 Å². The Bertz CT molecular complexity index is 1150. The van der Waals surface area contributed by atoms with E-state index >= 15 is 0 Å². The number of hydrogen-bond donors (Lipinski definition) is 1. The maximum Gasteiger partial charge on any atom is 0.230 e. The van der Waals surface area contributed by atoms with Crippen molar-refractivity contribution in [1.82, 2.24) is 20.1 Å². The van der Waals surface area contributed by atoms with E-state index < -0.39 is 0 Å². The lowest BCUT2D eigenvalue weighted by Gasteiger charge is -2.14. The number of carbonyl (C=O) groups is 1. The number of hydrogen-bond acceptors (Lipinski definition) is 5. The van der Waals surface area contributed by atoms with Gasteiger partial charge in [0.25, 0.3) is 0 Å². The third-order valence-corrected chi connectivity index (χ3v) is 6.77. The second-order valence-corrected chi connectivity index (χ2v) is 9.31. The number of nitrogens with one attached hydrogen (secondary N) is 1. The van der Waals surface area contributed by atoms with E-state index in [1.807, 2.05) is 66.9 Å². The third kappa shape index (κ3) is 5.55. The third-order valence-electron chi connectivity index (χ3n) is 4.70. The van der Waals surface area contributed by atoms with Gasteiger partial charge in [-0.3, -0.25) is 9.36 Å². The van der Waals surface area contributed by atoms with E-state index in [-0.39, 0.29) is 17.7 Å². The largest absolute Gasteiger partial charge is 0.349 e. The molecule has 0 saturated heterocycles. The summed E-state index contributed by atoms with van der Waals surface area (Å²) in [6.07, 6.45) is 0. The van der Waals surface area contributed by atoms with Crippen molar-refractivity contribution in [3.8, 4) is 10.7 Å². The molecule has 4 aromatic rings. The summed E-state index contributed by atoms with van der Waals surface area (Å²) in [4.78, 5) is 13.6. The van der Waals surface area contributed by atoms with E-state index in [0.717, 1.165) is 27.0 Å². The Morgan fingerprint density at radius 3 is 2.71 bits per heavy atom. The van der Waals surface area contributed by atoms with Crippen LogP contribution >= 0.6 is 34.7 Å². The van der Waals surface area contributed by atoms with Crippen LogP contribution in [0.1, 0.15) is 24.1 Å². The van der Waals surface area contributed by atoms with Crippen molar-refractivity contribution in [2.45, 2.75) is 24.7 Å². The highest BCUT2D eigenvalue weighted by Gasteiger charge is 2.17. The quantitative estimate of drug-likeness (QED) is 0.338. The van der Waals surface area contributed by atoms with Gasteiger partial charge < -0.3 is 5.32 Å². The van der Waals surface area contributed by atoms with Crippen molar-refractivity contribution >= 4 is 40.6 Å². The number of nitrogens with zero attached hydrogens (tertiary/aromatic N) is 3. The number of carbonyl (C=O) groups excluding carboxylic acids is 1. The van der Waals surface area contributed by atoms with Crippen LogP contribution in [0.3, 0.4) is 0 Å². The minimum atomic E-state index is -0.129. The first-order chi connectivity index (χ1) is 15.1. The van der Waals surface area contributed by atoms with Crippen LogP contribution in [-0.2, 0) is 11.3 Å². The number of thioether (sulfide) groups is 1. The van der Waals surface area contributed by atoms with Crippen LogP contribution in [0.4, 0.5) is 0 Å². The summed E-state index contributed by atoms with van der Waals surface area (Å²) in [5.74, 6) is 1.00. The molecule has 2 heterocycles. The van der Waals surface area contributed by atoms with Gasteiger partial charge >= 0.3 is 0 Å². The van der Waals surface area contributed by atoms with E-state index in [1.54, 1.807) is 11.3 Å². The van der Waals surface area contributed by atoms with Crippen LogP contribution in [0.15, 0.2) is 77.3 Å². The molecule has 31 heavy (non-hydrogen) atoms. The molecule has 1 atom stereocenters. The van der Waals surface area contributed by atoms with Crippen LogP contribution in [0.2, 0.25) is 5.02 Å². The Kier molecular flexibility index (Phi) is 7.06. The first kappa shape index (κ1) is 21.6. The van der Waals surface area contributed by atoms with E-state index in [4.69, 9.17) is 11.6 Å². The molecule has 2 aromatic heterocycles. The molecule has 0 saturated carbocycles. The molecule has 0 bridgehead atoms. The number of amides is 1. The Morgan fingerprint density at radius 1 is 1.13 bits per heavy atom. The summed E-state index contributed by atoms with van der Waals surface area (Å²) in [5.41, 5.74) is 2.12. The van der Waals surface area contributed by atoms with Crippen LogP contribution in [-0.4, -0.2) is 26.4 Å². The smallest absolute Gasteiger partial charge is 0.230 e. The first-order valence-corrected chi connectivity index (χ1v) is 12.0. The second-order valence-electron chi connectivity index (χ2n) is 6.99. The summed E-state index contributed by atoms with van der Waals surface area (Å²) in [5, 5.41) is 15.2. The lowest BCUT2D eigenvalue weighted by Crippen LogP contribution is -2.28. The molecule has 1 N–H and O–H groups in total. The molecule has 4 rings (SSSR count). The van der Waals surface area contributed by atoms with Gasteiger partial charge in [-0.1, -0.05) is 71.9 Å². The van der Waals surface area contributed by atoms with Crippen molar-refractivity contribution < 1.29 is 4.79 Å². The van der Waals surface area contributed by atoms with Gasteiger partial charge in [0.1, 0.15) is 0 Å². The lowest BCUT2D eigenvalue weighted by molar-refractivity contribution is -0.119. The average molecular weight is 469 g/mol. The molecule has 2 aromatic carbocycles. The van der Waals surface area contributed by atoms with Gasteiger partial charge in [0, 0.05) is 5.02 Å². The molecule has 0 aliphatic carbocycles. The predicted molar refractivity (Wildman–Crippen MR) is 128 cm³/mol. The first-order valence-electron chi connectivity index (χ1n) is 9.79. The summed E-state index contributed by atoms with van der Waals surface area (Å²) in [7, 11) is 0. The number of rotatable bonds is 8. The Balaban J connectivity index is 1.47. The van der Waals surface area contributed by atoms with Gasteiger partial charge in [-0.05, 0) is 41.6 Å². The maximum atomic E-state index is 12.6. The standard InChI is InChI=1S/C23H21ClN4OS2/c1-16(18-9-5-10-19(24)13-18)25-21(29)15-31-23-27-26-22(20-11-6-12-30-20)28(23)14-17-7-3-2-4-8-17/h2-13,16H,14-15H2,1H3,(H,25,29). The van der Waals surface area contributed by atoms with Crippen molar-refractivity contribution in [2.75, 3.05) is 5.75 Å². The molecular formula is C23H21ClN4OS2. The monoisotopic (exact) mass is 468 g/mol. The molecule has 0 fully saturated rings. The average Bonchev–Trinajstić information content (AvgIpc) is 3.43. The van der Waals surface area contributed by atoms with E-state index in [9.17, 15) is 4.79 Å². The van der Waals surface area contributed by atoms with Crippen molar-refractivity contribution in [1.29, 1.82) is 0 Å². The van der Waals surface area contributed by atoms with Crippen LogP contribution in [0.5, 0.6) is 0 Å². The van der Waals surface area contributed by atoms with E-state index in [2.05, 4.69) is 32.2 Å². The van der Waals surface area contributed by atoms with Gasteiger partial charge in [-0.15, -0.1) is 21.5 Å². The van der Waals surface area contributed by atoms with Gasteiger partial charge in [0.05, 0.1) is 23.2 Å². The molecule has 0 spiro atoms. The molecule has 8 heteroatoms. The topological polar surface area (TPSA) is 59.8 Å². The zero-order valence-electron chi connectivity index (χ0n) is 16.9. The minimum Gasteiger partial charge on any atom is -0.349 e. The van der Waals surface area contributed by atoms with E-state index in [1.165, 1.54) is 11.8 Å². The summed E-state index contributed by atoms with van der Waals surface area (Å²) in [6.45, 7) is 2.59. The minimum absolute atomic E-state index is 0.0654. The number of benzene rings is 2. The highest BCUT2D eigenvalue weighted by atomic mass is 35.5. The highest BCUT2D eigenvalue weighted by Crippen LogP contribution is 2.28. The summed E-state index contributed by atoms with van der Waals surface area (Å²) < 4.78 is 2.07. The normalized spacial score (nSPS) is 11.9. The second kappa shape index (κ2) is 10.1. The van der Waals surface area contributed by atoms with Crippen LogP contribution in [0, 0.1) is 0 Å². The van der Waals surface area contributed by atoms with Gasteiger partial charge in [0.15, 0.2) is 11.0 Å². The molecule has 0 aliphatic heterocycles.